The number of alkyl halides is 3. The van der Waals surface area contributed by atoms with E-state index in [9.17, 15) is 31.2 Å². The number of halogens is 3. The van der Waals surface area contributed by atoms with Crippen LogP contribution in [-0.2, 0) is 16.2 Å². The van der Waals surface area contributed by atoms with Gasteiger partial charge in [0.05, 0.1) is 16.2 Å². The number of sulfonamides is 1. The highest BCUT2D eigenvalue weighted by atomic mass is 32.2. The van der Waals surface area contributed by atoms with Crippen molar-refractivity contribution in [3.63, 3.8) is 0 Å². The van der Waals surface area contributed by atoms with E-state index in [1.165, 1.54) is 23.5 Å². The molecule has 4 aromatic rings. The summed E-state index contributed by atoms with van der Waals surface area (Å²) in [5.41, 5.74) is -0.563. The molecule has 0 spiro atoms. The van der Waals surface area contributed by atoms with Crippen LogP contribution in [0.1, 0.15) is 54.8 Å². The number of nitrogens with zero attached hydrogens (tertiary/aromatic N) is 1. The largest absolute Gasteiger partial charge is 0.417 e. The van der Waals surface area contributed by atoms with E-state index in [0.29, 0.717) is 41.7 Å². The Labute approximate surface area is 245 Å². The lowest BCUT2D eigenvalue weighted by Gasteiger charge is -2.31. The molecule has 1 saturated heterocycles. The van der Waals surface area contributed by atoms with E-state index in [0.717, 1.165) is 22.9 Å². The summed E-state index contributed by atoms with van der Waals surface area (Å²) >= 11 is 1.31. The van der Waals surface area contributed by atoms with Gasteiger partial charge in [0.25, 0.3) is 5.91 Å². The molecule has 0 bridgehead atoms. The van der Waals surface area contributed by atoms with Crippen LogP contribution in [0.15, 0.2) is 53.3 Å². The molecule has 2 aromatic heterocycles. The summed E-state index contributed by atoms with van der Waals surface area (Å²) in [7, 11) is -3.43. The fraction of sp³-hybridized carbons (Fsp3) is 0.379. The smallest absolute Gasteiger partial charge is 0.366 e. The minimum absolute atomic E-state index is 0.0101. The van der Waals surface area contributed by atoms with Crippen molar-refractivity contribution in [1.29, 1.82) is 0 Å². The maximum atomic E-state index is 13.7. The quantitative estimate of drug-likeness (QED) is 0.210. The molecule has 42 heavy (non-hydrogen) atoms. The van der Waals surface area contributed by atoms with Crippen LogP contribution in [0.5, 0.6) is 0 Å². The van der Waals surface area contributed by atoms with Crippen LogP contribution in [0, 0.1) is 0 Å². The minimum Gasteiger partial charge on any atom is -0.366 e. The van der Waals surface area contributed by atoms with Crippen LogP contribution >= 0.6 is 11.3 Å². The summed E-state index contributed by atoms with van der Waals surface area (Å²) in [6.07, 6.45) is -1.88. The van der Waals surface area contributed by atoms with Crippen LogP contribution in [0.2, 0.25) is 0 Å². The first-order chi connectivity index (χ1) is 19.8. The molecule has 1 amide bonds. The van der Waals surface area contributed by atoms with Crippen molar-refractivity contribution in [3.8, 4) is 0 Å². The van der Waals surface area contributed by atoms with E-state index in [4.69, 9.17) is 0 Å². The Hall–Kier alpha value is -3.58. The Morgan fingerprint density at radius 1 is 1.12 bits per heavy atom. The average Bonchev–Trinajstić information content (AvgIpc) is 3.50. The van der Waals surface area contributed by atoms with Gasteiger partial charge in [0.2, 0.25) is 15.6 Å². The monoisotopic (exact) mass is 620 g/mol. The Kier molecular flexibility index (Phi) is 8.26. The van der Waals surface area contributed by atoms with Crippen LogP contribution in [0.3, 0.4) is 0 Å². The Bertz CT molecular complexity index is 1800. The summed E-state index contributed by atoms with van der Waals surface area (Å²) in [5, 5.41) is 3.65. The molecule has 1 fully saturated rings. The molecule has 2 aromatic carbocycles. The number of carbonyl (C=O) groups excluding carboxylic acids is 1. The number of pyridine rings is 1. The van der Waals surface area contributed by atoms with Crippen molar-refractivity contribution in [2.75, 3.05) is 21.9 Å². The molecule has 13 heteroatoms. The molecule has 3 heterocycles. The second kappa shape index (κ2) is 11.6. The Morgan fingerprint density at radius 2 is 1.90 bits per heavy atom. The predicted molar refractivity (Wildman–Crippen MR) is 161 cm³/mol. The summed E-state index contributed by atoms with van der Waals surface area (Å²) < 4.78 is 68.7. The van der Waals surface area contributed by atoms with Crippen molar-refractivity contribution < 1.29 is 26.4 Å². The molecule has 1 aliphatic rings. The van der Waals surface area contributed by atoms with E-state index in [1.807, 2.05) is 6.92 Å². The number of H-pyrrole nitrogens is 1. The number of nitrogens with one attached hydrogen (secondary N) is 3. The number of benzene rings is 2. The number of rotatable bonds is 9. The lowest BCUT2D eigenvalue weighted by atomic mass is 10.1. The van der Waals surface area contributed by atoms with Crippen molar-refractivity contribution in [3.05, 3.63) is 69.3 Å². The lowest BCUT2D eigenvalue weighted by molar-refractivity contribution is -0.136. The highest BCUT2D eigenvalue weighted by molar-refractivity contribution is 7.92. The lowest BCUT2D eigenvalue weighted by Crippen LogP contribution is -2.37. The van der Waals surface area contributed by atoms with E-state index in [2.05, 4.69) is 19.9 Å². The number of amides is 1. The van der Waals surface area contributed by atoms with Crippen LogP contribution in [0.25, 0.3) is 21.0 Å². The van der Waals surface area contributed by atoms with E-state index in [1.54, 1.807) is 37.3 Å². The molecule has 0 unspecified atom stereocenters. The van der Waals surface area contributed by atoms with Crippen LogP contribution in [-0.4, -0.2) is 43.7 Å². The minimum atomic E-state index is -4.66. The highest BCUT2D eigenvalue weighted by Gasteiger charge is 2.35. The van der Waals surface area contributed by atoms with Crippen molar-refractivity contribution in [2.45, 2.75) is 57.8 Å². The number of anilines is 2. The Morgan fingerprint density at radius 3 is 2.64 bits per heavy atom. The molecule has 8 nitrogen and oxygen atoms in total. The second-order valence-electron chi connectivity index (χ2n) is 10.6. The van der Waals surface area contributed by atoms with Gasteiger partial charge in [0.1, 0.15) is 0 Å². The van der Waals surface area contributed by atoms with Crippen LogP contribution < -0.4 is 20.5 Å². The first-order valence-corrected chi connectivity index (χ1v) is 16.2. The fourth-order valence-corrected chi connectivity index (χ4v) is 7.70. The van der Waals surface area contributed by atoms with E-state index in [-0.39, 0.29) is 34.6 Å². The van der Waals surface area contributed by atoms with Gasteiger partial charge in [-0.3, -0.25) is 14.3 Å². The molecular formula is C29H31F3N4O4S2. The number of aromatic amines is 1. The number of thiophene rings is 1. The van der Waals surface area contributed by atoms with Gasteiger partial charge in [0.15, 0.2) is 0 Å². The maximum Gasteiger partial charge on any atom is 0.417 e. The third-order valence-corrected chi connectivity index (χ3v) is 10.1. The molecule has 224 valence electrons. The summed E-state index contributed by atoms with van der Waals surface area (Å²) in [6.45, 7) is 4.18. The maximum absolute atomic E-state index is 13.7. The summed E-state index contributed by atoms with van der Waals surface area (Å²) in [4.78, 5) is 29.8. The zero-order valence-electron chi connectivity index (χ0n) is 23.0. The van der Waals surface area contributed by atoms with Gasteiger partial charge in [-0.15, -0.1) is 11.3 Å². The zero-order valence-corrected chi connectivity index (χ0v) is 24.7. The molecule has 0 aliphatic carbocycles. The topological polar surface area (TPSA) is 111 Å². The third-order valence-electron chi connectivity index (χ3n) is 7.47. The summed E-state index contributed by atoms with van der Waals surface area (Å²) in [6, 6.07) is 12.3. The normalized spacial score (nSPS) is 17.7. The predicted octanol–water partition coefficient (Wildman–Crippen LogP) is 6.09. The molecular weight excluding hydrogens is 589 g/mol. The van der Waals surface area contributed by atoms with Gasteiger partial charge >= 0.3 is 6.18 Å². The third kappa shape index (κ3) is 6.41. The standard InChI is InChI=1S/C29H31F3N4O4S2/c1-3-12-42(39,40)35-19-5-9-25-18(13-19)14-26(41-25)28(38)33-11-10-20-6-4-17(2)36(20)21-7-8-24-22(15-21)23(29(30,31)32)16-27(37)34-24/h5,7-9,13-17,20,35H,3-4,6,10-12H2,1-2H3,(H,33,38)(H,34,37)/t17-,20-/m1/s1. The first-order valence-electron chi connectivity index (χ1n) is 13.7. The molecule has 5 rings (SSSR count). The van der Waals surface area contributed by atoms with Gasteiger partial charge in [-0.25, -0.2) is 8.42 Å². The molecule has 0 radical (unpaired) electrons. The molecule has 1 aliphatic heterocycles. The molecule has 3 N–H and O–H groups in total. The number of fused-ring (bicyclic) bond motifs is 2. The number of carbonyl (C=O) groups is 1. The van der Waals surface area contributed by atoms with Gasteiger partial charge in [0, 0.05) is 51.7 Å². The summed E-state index contributed by atoms with van der Waals surface area (Å²) in [5.74, 6) is -0.220. The van der Waals surface area contributed by atoms with E-state index < -0.39 is 27.3 Å². The zero-order chi connectivity index (χ0) is 30.2. The number of hydrogen-bond acceptors (Lipinski definition) is 6. The van der Waals surface area contributed by atoms with Crippen LogP contribution in [0.4, 0.5) is 24.5 Å². The fourth-order valence-electron chi connectivity index (χ4n) is 5.61. The second-order valence-corrected chi connectivity index (χ2v) is 13.5. The van der Waals surface area contributed by atoms with Gasteiger partial charge in [-0.1, -0.05) is 6.92 Å². The molecule has 2 atom stereocenters. The van der Waals surface area contributed by atoms with Crippen molar-refractivity contribution in [2.24, 2.45) is 0 Å². The Balaban J connectivity index is 1.27. The van der Waals surface area contributed by atoms with Crippen molar-refractivity contribution in [1.82, 2.24) is 10.3 Å². The van der Waals surface area contributed by atoms with Gasteiger partial charge < -0.3 is 15.2 Å². The highest BCUT2D eigenvalue weighted by Crippen LogP contribution is 2.38. The number of aromatic nitrogens is 1. The SMILES string of the molecule is CCCS(=O)(=O)Nc1ccc2sc(C(=O)NCC[C@H]3CC[C@@H](C)N3c3ccc4[nH]c(=O)cc(C(F)(F)F)c4c3)cc2c1. The number of hydrogen-bond donors (Lipinski definition) is 3. The van der Waals surface area contributed by atoms with E-state index >= 15 is 0 Å². The van der Waals surface area contributed by atoms with Crippen molar-refractivity contribution >= 4 is 59.6 Å². The first kappa shape index (κ1) is 29.9. The average molecular weight is 621 g/mol. The molecule has 0 saturated carbocycles. The van der Waals surface area contributed by atoms with Gasteiger partial charge in [-0.2, -0.15) is 13.2 Å². The van der Waals surface area contributed by atoms with Gasteiger partial charge in [-0.05, 0) is 80.5 Å².